The summed E-state index contributed by atoms with van der Waals surface area (Å²) >= 11 is 0. The van der Waals surface area contributed by atoms with E-state index in [-0.39, 0.29) is 22.8 Å². The Kier molecular flexibility index (Phi) is 5.18. The summed E-state index contributed by atoms with van der Waals surface area (Å²) in [6.07, 6.45) is -0.769. The summed E-state index contributed by atoms with van der Waals surface area (Å²) in [6.45, 7) is 7.22. The fraction of sp³-hybridized carbons (Fsp3) is 0.467. The predicted octanol–water partition coefficient (Wildman–Crippen LogP) is 1.74. The number of anilines is 1. The standard InChI is InChI=1S/C15H22N2O4/c1-9(13(18)17-15(2,3)4)21-12-8-10(16)6-7-11(12)14(19)20-5/h6-9H,16H2,1-5H3,(H,17,18). The van der Waals surface area contributed by atoms with Crippen LogP contribution in [-0.4, -0.2) is 30.6 Å². The third-order valence-electron chi connectivity index (χ3n) is 2.58. The quantitative estimate of drug-likeness (QED) is 0.652. The van der Waals surface area contributed by atoms with Gasteiger partial charge in [-0.15, -0.1) is 0 Å². The smallest absolute Gasteiger partial charge is 0.341 e. The number of amides is 1. The molecule has 0 radical (unpaired) electrons. The van der Waals surface area contributed by atoms with Crippen molar-refractivity contribution in [3.05, 3.63) is 23.8 Å². The Balaban J connectivity index is 2.94. The molecule has 1 unspecified atom stereocenters. The Morgan fingerprint density at radius 1 is 1.29 bits per heavy atom. The fourth-order valence-electron chi connectivity index (χ4n) is 1.63. The molecule has 0 spiro atoms. The van der Waals surface area contributed by atoms with Gasteiger partial charge in [-0.1, -0.05) is 0 Å². The van der Waals surface area contributed by atoms with E-state index >= 15 is 0 Å². The highest BCUT2D eigenvalue weighted by Gasteiger charge is 2.23. The van der Waals surface area contributed by atoms with Gasteiger partial charge in [0.1, 0.15) is 11.3 Å². The van der Waals surface area contributed by atoms with E-state index < -0.39 is 12.1 Å². The number of methoxy groups -OCH3 is 1. The highest BCUT2D eigenvalue weighted by atomic mass is 16.5. The largest absolute Gasteiger partial charge is 0.480 e. The molecule has 21 heavy (non-hydrogen) atoms. The third kappa shape index (κ3) is 4.98. The van der Waals surface area contributed by atoms with E-state index in [0.29, 0.717) is 5.69 Å². The van der Waals surface area contributed by atoms with Crippen LogP contribution >= 0.6 is 0 Å². The Hall–Kier alpha value is -2.24. The number of esters is 1. The van der Waals surface area contributed by atoms with Crippen molar-refractivity contribution in [2.75, 3.05) is 12.8 Å². The normalized spacial score (nSPS) is 12.4. The van der Waals surface area contributed by atoms with E-state index in [1.165, 1.54) is 19.2 Å². The van der Waals surface area contributed by atoms with Gasteiger partial charge < -0.3 is 20.5 Å². The SMILES string of the molecule is COC(=O)c1ccc(N)cc1OC(C)C(=O)NC(C)(C)C. The van der Waals surface area contributed by atoms with Gasteiger partial charge in [-0.25, -0.2) is 4.79 Å². The Bertz CT molecular complexity index is 535. The first-order valence-corrected chi connectivity index (χ1v) is 6.60. The van der Waals surface area contributed by atoms with E-state index in [9.17, 15) is 9.59 Å². The summed E-state index contributed by atoms with van der Waals surface area (Å²) in [5.74, 6) is -0.604. The second-order valence-electron chi connectivity index (χ2n) is 5.75. The number of hydrogen-bond acceptors (Lipinski definition) is 5. The van der Waals surface area contributed by atoms with Gasteiger partial charge in [0.05, 0.1) is 7.11 Å². The highest BCUT2D eigenvalue weighted by Crippen LogP contribution is 2.24. The number of ether oxygens (including phenoxy) is 2. The van der Waals surface area contributed by atoms with E-state index in [1.54, 1.807) is 13.0 Å². The zero-order valence-corrected chi connectivity index (χ0v) is 13.0. The average molecular weight is 294 g/mol. The zero-order valence-electron chi connectivity index (χ0n) is 13.0. The molecule has 0 aliphatic heterocycles. The van der Waals surface area contributed by atoms with Crippen LogP contribution in [0.3, 0.4) is 0 Å². The monoisotopic (exact) mass is 294 g/mol. The van der Waals surface area contributed by atoms with Gasteiger partial charge in [0.2, 0.25) is 0 Å². The van der Waals surface area contributed by atoms with Crippen molar-refractivity contribution in [1.29, 1.82) is 0 Å². The molecule has 0 aliphatic rings. The molecule has 0 bridgehead atoms. The maximum atomic E-state index is 12.0. The van der Waals surface area contributed by atoms with Crippen LogP contribution in [-0.2, 0) is 9.53 Å². The van der Waals surface area contributed by atoms with Gasteiger partial charge in [0.25, 0.3) is 5.91 Å². The van der Waals surface area contributed by atoms with Crippen LogP contribution in [0.2, 0.25) is 0 Å². The molecule has 1 amide bonds. The summed E-state index contributed by atoms with van der Waals surface area (Å²) in [7, 11) is 1.28. The summed E-state index contributed by atoms with van der Waals surface area (Å²) in [6, 6.07) is 4.57. The zero-order chi connectivity index (χ0) is 16.2. The number of carbonyl (C=O) groups is 2. The van der Waals surface area contributed by atoms with Crippen molar-refractivity contribution < 1.29 is 19.1 Å². The number of rotatable bonds is 4. The van der Waals surface area contributed by atoms with Crippen LogP contribution in [0.25, 0.3) is 0 Å². The molecule has 0 aromatic heterocycles. The fourth-order valence-corrected chi connectivity index (χ4v) is 1.63. The summed E-state index contributed by atoms with van der Waals surface area (Å²) in [5, 5.41) is 2.81. The molecule has 1 aromatic carbocycles. The van der Waals surface area contributed by atoms with Crippen LogP contribution in [0.5, 0.6) is 5.75 Å². The minimum absolute atomic E-state index is 0.221. The molecule has 0 aliphatic carbocycles. The third-order valence-corrected chi connectivity index (χ3v) is 2.58. The molecule has 0 saturated heterocycles. The summed E-state index contributed by atoms with van der Waals surface area (Å²) in [4.78, 5) is 23.7. The number of carbonyl (C=O) groups excluding carboxylic acids is 2. The van der Waals surface area contributed by atoms with E-state index in [0.717, 1.165) is 0 Å². The first-order valence-electron chi connectivity index (χ1n) is 6.60. The number of nitrogens with two attached hydrogens (primary N) is 1. The topological polar surface area (TPSA) is 90.7 Å². The molecule has 116 valence electrons. The minimum atomic E-state index is -0.769. The van der Waals surface area contributed by atoms with Gasteiger partial charge in [-0.3, -0.25) is 4.79 Å². The first-order chi connectivity index (χ1) is 9.64. The molecule has 0 fully saturated rings. The van der Waals surface area contributed by atoms with Crippen molar-refractivity contribution in [3.8, 4) is 5.75 Å². The molecule has 1 aromatic rings. The highest BCUT2D eigenvalue weighted by molar-refractivity contribution is 5.93. The summed E-state index contributed by atoms with van der Waals surface area (Å²) < 4.78 is 10.2. The van der Waals surface area contributed by atoms with Crippen LogP contribution in [0.4, 0.5) is 5.69 Å². The van der Waals surface area contributed by atoms with Crippen molar-refractivity contribution in [2.45, 2.75) is 39.3 Å². The lowest BCUT2D eigenvalue weighted by molar-refractivity contribution is -0.128. The molecular weight excluding hydrogens is 272 g/mol. The second kappa shape index (κ2) is 6.47. The molecule has 1 atom stereocenters. The van der Waals surface area contributed by atoms with E-state index in [2.05, 4.69) is 10.1 Å². The lowest BCUT2D eigenvalue weighted by Crippen LogP contribution is -2.46. The first kappa shape index (κ1) is 16.8. The van der Waals surface area contributed by atoms with Gasteiger partial charge >= 0.3 is 5.97 Å². The van der Waals surface area contributed by atoms with Gasteiger partial charge in [0, 0.05) is 17.3 Å². The molecule has 0 heterocycles. The van der Waals surface area contributed by atoms with Crippen molar-refractivity contribution in [3.63, 3.8) is 0 Å². The lowest BCUT2D eigenvalue weighted by Gasteiger charge is -2.24. The summed E-state index contributed by atoms with van der Waals surface area (Å²) in [5.41, 5.74) is 5.98. The predicted molar refractivity (Wildman–Crippen MR) is 80.2 cm³/mol. The number of nitrogens with one attached hydrogen (secondary N) is 1. The Morgan fingerprint density at radius 2 is 1.90 bits per heavy atom. The van der Waals surface area contributed by atoms with Gasteiger partial charge in [0.15, 0.2) is 6.10 Å². The van der Waals surface area contributed by atoms with Crippen LogP contribution < -0.4 is 15.8 Å². The van der Waals surface area contributed by atoms with Crippen LogP contribution in [0.1, 0.15) is 38.1 Å². The molecule has 6 nitrogen and oxygen atoms in total. The minimum Gasteiger partial charge on any atom is -0.480 e. The van der Waals surface area contributed by atoms with Crippen LogP contribution in [0, 0.1) is 0 Å². The number of nitrogen functional groups attached to an aromatic ring is 1. The van der Waals surface area contributed by atoms with Gasteiger partial charge in [-0.05, 0) is 39.8 Å². The second-order valence-corrected chi connectivity index (χ2v) is 5.75. The van der Waals surface area contributed by atoms with Gasteiger partial charge in [-0.2, -0.15) is 0 Å². The van der Waals surface area contributed by atoms with Crippen LogP contribution in [0.15, 0.2) is 18.2 Å². The van der Waals surface area contributed by atoms with Crippen molar-refractivity contribution in [2.24, 2.45) is 0 Å². The van der Waals surface area contributed by atoms with E-state index in [1.807, 2.05) is 20.8 Å². The molecule has 1 rings (SSSR count). The number of hydrogen-bond donors (Lipinski definition) is 2. The average Bonchev–Trinajstić information content (AvgIpc) is 2.36. The van der Waals surface area contributed by atoms with Crippen molar-refractivity contribution >= 4 is 17.6 Å². The lowest BCUT2D eigenvalue weighted by atomic mass is 10.1. The maximum absolute atomic E-state index is 12.0. The number of benzene rings is 1. The van der Waals surface area contributed by atoms with Crippen molar-refractivity contribution in [1.82, 2.24) is 5.32 Å². The Labute approximate surface area is 124 Å². The Morgan fingerprint density at radius 3 is 2.43 bits per heavy atom. The van der Waals surface area contributed by atoms with E-state index in [4.69, 9.17) is 10.5 Å². The molecule has 3 N–H and O–H groups in total. The maximum Gasteiger partial charge on any atom is 0.341 e. The molecule has 6 heteroatoms. The molecule has 0 saturated carbocycles. The molecular formula is C15H22N2O4.